The van der Waals surface area contributed by atoms with Crippen LogP contribution in [0.4, 0.5) is 0 Å². The summed E-state index contributed by atoms with van der Waals surface area (Å²) in [6, 6.07) is 21.7. The van der Waals surface area contributed by atoms with Gasteiger partial charge in [0.05, 0.1) is 22.5 Å². The van der Waals surface area contributed by atoms with Crippen molar-refractivity contribution < 1.29 is 4.79 Å². The molecule has 3 aromatic carbocycles. The molecule has 32 heavy (non-hydrogen) atoms. The first-order chi connectivity index (χ1) is 15.4. The van der Waals surface area contributed by atoms with Crippen molar-refractivity contribution in [3.8, 4) is 11.3 Å². The molecule has 0 aliphatic rings. The molecule has 0 fully saturated rings. The van der Waals surface area contributed by atoms with Gasteiger partial charge >= 0.3 is 0 Å². The molecule has 4 rings (SSSR count). The molecule has 1 heterocycles. The van der Waals surface area contributed by atoms with Crippen LogP contribution in [0.1, 0.15) is 29.3 Å². The number of carbonyl (C=O) groups is 1. The number of hydrogen-bond acceptors (Lipinski definition) is 3. The van der Waals surface area contributed by atoms with E-state index in [0.717, 1.165) is 16.8 Å². The van der Waals surface area contributed by atoms with Crippen LogP contribution in [0.2, 0.25) is 15.1 Å². The third-order valence-corrected chi connectivity index (χ3v) is 5.66. The summed E-state index contributed by atoms with van der Waals surface area (Å²) in [7, 11) is 0. The molecule has 4 nitrogen and oxygen atoms in total. The number of hydrazone groups is 1. The number of pyridine rings is 1. The predicted molar refractivity (Wildman–Crippen MR) is 133 cm³/mol. The zero-order valence-corrected chi connectivity index (χ0v) is 19.3. The molecule has 0 saturated heterocycles. The number of rotatable bonds is 5. The summed E-state index contributed by atoms with van der Waals surface area (Å²) in [6.45, 7) is 1.96. The number of amides is 1. The van der Waals surface area contributed by atoms with Gasteiger partial charge in [-0.2, -0.15) is 5.10 Å². The average molecular weight is 483 g/mol. The van der Waals surface area contributed by atoms with Crippen LogP contribution in [0.3, 0.4) is 0 Å². The minimum absolute atomic E-state index is 0.358. The molecule has 1 amide bonds. The summed E-state index contributed by atoms with van der Waals surface area (Å²) in [4.78, 5) is 17.9. The van der Waals surface area contributed by atoms with Crippen molar-refractivity contribution in [2.75, 3.05) is 0 Å². The Hall–Kier alpha value is -2.92. The van der Waals surface area contributed by atoms with Crippen LogP contribution in [-0.2, 0) is 0 Å². The van der Waals surface area contributed by atoms with Gasteiger partial charge in [0.25, 0.3) is 5.91 Å². The van der Waals surface area contributed by atoms with Crippen LogP contribution in [0.25, 0.3) is 22.2 Å². The highest BCUT2D eigenvalue weighted by Crippen LogP contribution is 2.28. The molecule has 0 unspecified atom stereocenters. The van der Waals surface area contributed by atoms with Crippen molar-refractivity contribution in [3.05, 3.63) is 99.0 Å². The largest absolute Gasteiger partial charge is 0.272 e. The highest BCUT2D eigenvalue weighted by molar-refractivity contribution is 6.32. The third kappa shape index (κ3) is 4.94. The first kappa shape index (κ1) is 22.3. The number of nitrogens with one attached hydrogen (secondary N) is 1. The molecule has 0 aliphatic carbocycles. The van der Waals surface area contributed by atoms with E-state index in [1.165, 1.54) is 0 Å². The summed E-state index contributed by atoms with van der Waals surface area (Å²) in [5.74, 6) is -0.358. The van der Waals surface area contributed by atoms with Gasteiger partial charge < -0.3 is 0 Å². The summed E-state index contributed by atoms with van der Waals surface area (Å²) in [5, 5.41) is 6.76. The SMILES string of the molecule is CC/C(=N/NC(=O)c1cc(-c2ccc(Cl)cc2)nc2ccc(Cl)cc12)c1cccc(Cl)c1. The van der Waals surface area contributed by atoms with E-state index < -0.39 is 0 Å². The van der Waals surface area contributed by atoms with Crippen LogP contribution in [0, 0.1) is 0 Å². The Labute approximate surface area is 200 Å². The minimum Gasteiger partial charge on any atom is -0.267 e. The Bertz CT molecular complexity index is 1330. The predicted octanol–water partition coefficient (Wildman–Crippen LogP) is 7.41. The molecule has 160 valence electrons. The molecule has 7 heteroatoms. The van der Waals surface area contributed by atoms with Gasteiger partial charge in [-0.1, -0.05) is 66.0 Å². The van der Waals surface area contributed by atoms with Gasteiger partial charge in [0, 0.05) is 26.0 Å². The topological polar surface area (TPSA) is 54.4 Å². The monoisotopic (exact) mass is 481 g/mol. The standard InChI is InChI=1S/C25H18Cl3N3O/c1-2-22(16-4-3-5-18(27)12-16)30-31-25(32)21-14-24(15-6-8-17(26)9-7-15)29-23-11-10-19(28)13-20(21)23/h3-14H,2H2,1H3,(H,31,32)/b30-22-. The zero-order chi connectivity index (χ0) is 22.7. The van der Waals surface area contributed by atoms with Gasteiger partial charge in [-0.25, -0.2) is 10.4 Å². The number of aromatic nitrogens is 1. The van der Waals surface area contributed by atoms with Gasteiger partial charge in [-0.05, 0) is 60.5 Å². The maximum absolute atomic E-state index is 13.2. The highest BCUT2D eigenvalue weighted by atomic mass is 35.5. The number of benzene rings is 3. The number of carbonyl (C=O) groups excluding carboxylic acids is 1. The fourth-order valence-electron chi connectivity index (χ4n) is 3.35. The molecular weight excluding hydrogens is 465 g/mol. The van der Waals surface area contributed by atoms with Crippen molar-refractivity contribution in [2.24, 2.45) is 5.10 Å². The highest BCUT2D eigenvalue weighted by Gasteiger charge is 2.15. The van der Waals surface area contributed by atoms with Crippen molar-refractivity contribution in [1.82, 2.24) is 10.4 Å². The molecular formula is C25H18Cl3N3O. The van der Waals surface area contributed by atoms with E-state index in [9.17, 15) is 4.79 Å². The van der Waals surface area contributed by atoms with Gasteiger partial charge in [0.15, 0.2) is 0 Å². The maximum atomic E-state index is 13.2. The van der Waals surface area contributed by atoms with Gasteiger partial charge in [0.2, 0.25) is 0 Å². The lowest BCUT2D eigenvalue weighted by molar-refractivity contribution is 0.0956. The minimum atomic E-state index is -0.358. The number of hydrogen-bond donors (Lipinski definition) is 1. The summed E-state index contributed by atoms with van der Waals surface area (Å²) in [6.07, 6.45) is 0.625. The lowest BCUT2D eigenvalue weighted by Crippen LogP contribution is -2.20. The Kier molecular flexibility index (Phi) is 6.75. The molecule has 0 bridgehead atoms. The average Bonchev–Trinajstić information content (AvgIpc) is 2.79. The summed E-state index contributed by atoms with van der Waals surface area (Å²) in [5.41, 5.74) is 6.82. The van der Waals surface area contributed by atoms with Crippen LogP contribution < -0.4 is 5.43 Å². The van der Waals surface area contributed by atoms with E-state index in [1.807, 2.05) is 37.3 Å². The summed E-state index contributed by atoms with van der Waals surface area (Å²) >= 11 is 18.3. The van der Waals surface area contributed by atoms with Crippen LogP contribution in [0.15, 0.2) is 77.9 Å². The van der Waals surface area contributed by atoms with E-state index >= 15 is 0 Å². The first-order valence-electron chi connectivity index (χ1n) is 9.93. The number of nitrogens with zero attached hydrogens (tertiary/aromatic N) is 2. The normalized spacial score (nSPS) is 11.6. The molecule has 0 spiro atoms. The van der Waals surface area contributed by atoms with Gasteiger partial charge in [-0.15, -0.1) is 0 Å². The van der Waals surface area contributed by atoms with E-state index in [0.29, 0.717) is 43.6 Å². The van der Waals surface area contributed by atoms with E-state index in [2.05, 4.69) is 10.5 Å². The molecule has 1 aromatic heterocycles. The Morgan fingerprint density at radius 3 is 2.34 bits per heavy atom. The molecule has 4 aromatic rings. The second-order valence-corrected chi connectivity index (χ2v) is 8.40. The lowest BCUT2D eigenvalue weighted by Gasteiger charge is -2.11. The van der Waals surface area contributed by atoms with E-state index in [4.69, 9.17) is 39.8 Å². The second-order valence-electron chi connectivity index (χ2n) is 7.09. The quantitative estimate of drug-likeness (QED) is 0.238. The fourth-order valence-corrected chi connectivity index (χ4v) is 3.84. The van der Waals surface area contributed by atoms with Crippen molar-refractivity contribution in [1.29, 1.82) is 0 Å². The summed E-state index contributed by atoms with van der Waals surface area (Å²) < 4.78 is 0. The maximum Gasteiger partial charge on any atom is 0.272 e. The Morgan fingerprint density at radius 2 is 1.62 bits per heavy atom. The Balaban J connectivity index is 1.75. The van der Waals surface area contributed by atoms with Crippen LogP contribution >= 0.6 is 34.8 Å². The zero-order valence-electron chi connectivity index (χ0n) is 17.1. The van der Waals surface area contributed by atoms with Crippen LogP contribution in [0.5, 0.6) is 0 Å². The molecule has 0 saturated carbocycles. The fraction of sp³-hybridized carbons (Fsp3) is 0.0800. The van der Waals surface area contributed by atoms with Crippen molar-refractivity contribution in [3.63, 3.8) is 0 Å². The molecule has 0 radical (unpaired) electrons. The number of fused-ring (bicyclic) bond motifs is 1. The van der Waals surface area contributed by atoms with Crippen LogP contribution in [-0.4, -0.2) is 16.6 Å². The smallest absolute Gasteiger partial charge is 0.267 e. The number of halogens is 3. The second kappa shape index (κ2) is 9.70. The van der Waals surface area contributed by atoms with E-state index in [-0.39, 0.29) is 5.91 Å². The third-order valence-electron chi connectivity index (χ3n) is 4.94. The van der Waals surface area contributed by atoms with E-state index in [1.54, 1.807) is 42.5 Å². The van der Waals surface area contributed by atoms with Gasteiger partial charge in [-0.3, -0.25) is 4.79 Å². The first-order valence-corrected chi connectivity index (χ1v) is 11.1. The van der Waals surface area contributed by atoms with Crippen molar-refractivity contribution in [2.45, 2.75) is 13.3 Å². The van der Waals surface area contributed by atoms with Gasteiger partial charge in [0.1, 0.15) is 0 Å². The Morgan fingerprint density at radius 1 is 0.906 bits per heavy atom. The molecule has 0 aliphatic heterocycles. The molecule has 1 N–H and O–H groups in total. The lowest BCUT2D eigenvalue weighted by atomic mass is 10.0. The molecule has 0 atom stereocenters. The van der Waals surface area contributed by atoms with Crippen molar-refractivity contribution >= 4 is 57.3 Å².